The molecule has 0 bridgehead atoms. The maximum atomic E-state index is 13.1. The fourth-order valence-electron chi connectivity index (χ4n) is 2.40. The van der Waals surface area contributed by atoms with Crippen LogP contribution in [0.1, 0.15) is 11.3 Å². The van der Waals surface area contributed by atoms with Gasteiger partial charge in [-0.25, -0.2) is 14.4 Å². The Morgan fingerprint density at radius 2 is 1.85 bits per heavy atom. The Morgan fingerprint density at radius 1 is 1.08 bits per heavy atom. The number of carbonyl (C=O) groups is 1. The Kier molecular flexibility index (Phi) is 5.63. The van der Waals surface area contributed by atoms with E-state index in [1.54, 1.807) is 12.1 Å². The number of hydrogen-bond donors (Lipinski definition) is 1. The van der Waals surface area contributed by atoms with Crippen LogP contribution >= 0.6 is 11.8 Å². The smallest absolute Gasteiger partial charge is 0.234 e. The number of thioether (sulfide) groups is 1. The summed E-state index contributed by atoms with van der Waals surface area (Å²) in [6.45, 7) is 3.84. The number of hydrogen-bond acceptors (Lipinski definition) is 4. The van der Waals surface area contributed by atoms with Crippen LogP contribution in [-0.4, -0.2) is 21.6 Å². The molecule has 0 unspecified atom stereocenters. The molecular formula is C20H18FN3OS. The number of nitrogens with one attached hydrogen (secondary N) is 1. The van der Waals surface area contributed by atoms with E-state index in [0.717, 1.165) is 22.5 Å². The molecule has 26 heavy (non-hydrogen) atoms. The van der Waals surface area contributed by atoms with Gasteiger partial charge in [0, 0.05) is 16.9 Å². The molecule has 1 N–H and O–H groups in total. The summed E-state index contributed by atoms with van der Waals surface area (Å²) in [7, 11) is 0. The highest BCUT2D eigenvalue weighted by molar-refractivity contribution is 7.99. The topological polar surface area (TPSA) is 54.9 Å². The Labute approximate surface area is 155 Å². The van der Waals surface area contributed by atoms with Crippen molar-refractivity contribution >= 4 is 23.4 Å². The largest absolute Gasteiger partial charge is 0.325 e. The molecule has 132 valence electrons. The zero-order chi connectivity index (χ0) is 18.5. The molecule has 1 amide bonds. The first kappa shape index (κ1) is 18.1. The molecule has 1 aromatic heterocycles. The van der Waals surface area contributed by atoms with Gasteiger partial charge in [-0.05, 0) is 61.9 Å². The summed E-state index contributed by atoms with van der Waals surface area (Å²) in [5, 5.41) is 3.58. The van der Waals surface area contributed by atoms with Gasteiger partial charge >= 0.3 is 0 Å². The molecule has 0 aliphatic heterocycles. The molecule has 0 radical (unpaired) electrons. The Morgan fingerprint density at radius 3 is 2.58 bits per heavy atom. The van der Waals surface area contributed by atoms with Gasteiger partial charge in [0.2, 0.25) is 5.91 Å². The number of anilines is 1. The van der Waals surface area contributed by atoms with Crippen LogP contribution in [0.15, 0.2) is 59.6 Å². The quantitative estimate of drug-likeness (QED) is 0.528. The molecule has 6 heteroatoms. The van der Waals surface area contributed by atoms with Crippen molar-refractivity contribution in [2.75, 3.05) is 11.1 Å². The monoisotopic (exact) mass is 367 g/mol. The molecule has 2 aromatic carbocycles. The van der Waals surface area contributed by atoms with E-state index in [4.69, 9.17) is 0 Å². The highest BCUT2D eigenvalue weighted by Crippen LogP contribution is 2.22. The number of aromatic nitrogens is 2. The van der Waals surface area contributed by atoms with Crippen LogP contribution in [-0.2, 0) is 4.79 Å². The Bertz CT molecular complexity index is 929. The minimum Gasteiger partial charge on any atom is -0.325 e. The first-order valence-corrected chi connectivity index (χ1v) is 9.09. The predicted molar refractivity (Wildman–Crippen MR) is 103 cm³/mol. The number of amides is 1. The lowest BCUT2D eigenvalue weighted by atomic mass is 10.2. The van der Waals surface area contributed by atoms with Crippen LogP contribution in [0.5, 0.6) is 0 Å². The second-order valence-electron chi connectivity index (χ2n) is 5.88. The lowest BCUT2D eigenvalue weighted by Gasteiger charge is -2.07. The van der Waals surface area contributed by atoms with Crippen molar-refractivity contribution in [1.29, 1.82) is 0 Å². The van der Waals surface area contributed by atoms with Gasteiger partial charge in [-0.1, -0.05) is 23.9 Å². The number of rotatable bonds is 5. The van der Waals surface area contributed by atoms with Crippen LogP contribution in [0.25, 0.3) is 11.4 Å². The third-order valence-electron chi connectivity index (χ3n) is 3.59. The zero-order valence-corrected chi connectivity index (χ0v) is 15.3. The fourth-order valence-corrected chi connectivity index (χ4v) is 3.16. The summed E-state index contributed by atoms with van der Waals surface area (Å²) in [5.41, 5.74) is 3.40. The van der Waals surface area contributed by atoms with Crippen molar-refractivity contribution in [1.82, 2.24) is 9.97 Å². The van der Waals surface area contributed by atoms with Gasteiger partial charge in [0.1, 0.15) is 10.8 Å². The molecule has 0 saturated carbocycles. The number of benzene rings is 2. The number of aryl methyl sites for hydroxylation is 2. The third kappa shape index (κ3) is 4.89. The van der Waals surface area contributed by atoms with E-state index in [-0.39, 0.29) is 17.5 Å². The molecule has 0 spiro atoms. The summed E-state index contributed by atoms with van der Waals surface area (Å²) >= 11 is 1.34. The van der Waals surface area contributed by atoms with Crippen molar-refractivity contribution in [3.63, 3.8) is 0 Å². The summed E-state index contributed by atoms with van der Waals surface area (Å²) in [6.07, 6.45) is 0. The van der Waals surface area contributed by atoms with Gasteiger partial charge in [-0.15, -0.1) is 0 Å². The highest BCUT2D eigenvalue weighted by Gasteiger charge is 2.09. The predicted octanol–water partition coefficient (Wildman–Crippen LogP) is 4.63. The first-order valence-electron chi connectivity index (χ1n) is 8.10. The van der Waals surface area contributed by atoms with Crippen molar-refractivity contribution in [2.45, 2.75) is 18.9 Å². The van der Waals surface area contributed by atoms with Crippen LogP contribution in [0.4, 0.5) is 10.1 Å². The maximum absolute atomic E-state index is 13.1. The molecule has 0 fully saturated rings. The molecule has 0 atom stereocenters. The first-order chi connectivity index (χ1) is 12.5. The minimum absolute atomic E-state index is 0.0970. The molecule has 4 nitrogen and oxygen atoms in total. The highest BCUT2D eigenvalue weighted by atomic mass is 32.2. The van der Waals surface area contributed by atoms with E-state index >= 15 is 0 Å². The molecule has 0 aliphatic carbocycles. The SMILES string of the molecule is Cc1cccc(NC(=O)CSc2cc(C)nc(-c3ccc(F)cc3)n2)c1. The third-order valence-corrected chi connectivity index (χ3v) is 4.50. The minimum atomic E-state index is -0.302. The molecule has 0 aliphatic rings. The van der Waals surface area contributed by atoms with E-state index in [1.807, 2.05) is 44.2 Å². The summed E-state index contributed by atoms with van der Waals surface area (Å²) in [5.74, 6) is 0.364. The van der Waals surface area contributed by atoms with E-state index in [1.165, 1.54) is 23.9 Å². The Balaban J connectivity index is 1.68. The molecule has 0 saturated heterocycles. The summed E-state index contributed by atoms with van der Waals surface area (Å²) in [6, 6.07) is 15.5. The summed E-state index contributed by atoms with van der Waals surface area (Å²) in [4.78, 5) is 21.0. The standard InChI is InChI=1S/C20H18FN3OS/c1-13-4-3-5-17(10-13)23-18(25)12-26-19-11-14(2)22-20(24-19)15-6-8-16(21)9-7-15/h3-11H,12H2,1-2H3,(H,23,25). The van der Waals surface area contributed by atoms with Gasteiger partial charge in [-0.3, -0.25) is 4.79 Å². The van der Waals surface area contributed by atoms with Crippen molar-refractivity contribution in [2.24, 2.45) is 0 Å². The fraction of sp³-hybridized carbons (Fsp3) is 0.150. The maximum Gasteiger partial charge on any atom is 0.234 e. The van der Waals surface area contributed by atoms with E-state index in [0.29, 0.717) is 10.9 Å². The number of halogens is 1. The number of carbonyl (C=O) groups excluding carboxylic acids is 1. The lowest BCUT2D eigenvalue weighted by molar-refractivity contribution is -0.113. The van der Waals surface area contributed by atoms with Gasteiger partial charge in [0.15, 0.2) is 5.82 Å². The van der Waals surface area contributed by atoms with Gasteiger partial charge in [0.25, 0.3) is 0 Å². The van der Waals surface area contributed by atoms with Crippen LogP contribution in [0.3, 0.4) is 0 Å². The molecule has 1 heterocycles. The average Bonchev–Trinajstić information content (AvgIpc) is 2.60. The molecule has 3 rings (SSSR count). The van der Waals surface area contributed by atoms with Crippen molar-refractivity contribution in [3.8, 4) is 11.4 Å². The van der Waals surface area contributed by atoms with Crippen LogP contribution < -0.4 is 5.32 Å². The van der Waals surface area contributed by atoms with Crippen LogP contribution in [0, 0.1) is 19.7 Å². The molecular weight excluding hydrogens is 349 g/mol. The average molecular weight is 367 g/mol. The van der Waals surface area contributed by atoms with Crippen molar-refractivity contribution < 1.29 is 9.18 Å². The van der Waals surface area contributed by atoms with E-state index in [2.05, 4.69) is 15.3 Å². The number of nitrogens with zero attached hydrogens (tertiary/aromatic N) is 2. The van der Waals surface area contributed by atoms with Crippen molar-refractivity contribution in [3.05, 3.63) is 71.7 Å². The van der Waals surface area contributed by atoms with E-state index in [9.17, 15) is 9.18 Å². The van der Waals surface area contributed by atoms with Crippen LogP contribution in [0.2, 0.25) is 0 Å². The molecule has 3 aromatic rings. The van der Waals surface area contributed by atoms with Gasteiger partial charge < -0.3 is 5.32 Å². The normalized spacial score (nSPS) is 10.6. The second kappa shape index (κ2) is 8.10. The Hall–Kier alpha value is -2.73. The second-order valence-corrected chi connectivity index (χ2v) is 6.88. The zero-order valence-electron chi connectivity index (χ0n) is 14.5. The van der Waals surface area contributed by atoms with E-state index < -0.39 is 0 Å². The van der Waals surface area contributed by atoms with Gasteiger partial charge in [-0.2, -0.15) is 0 Å². The van der Waals surface area contributed by atoms with Gasteiger partial charge in [0.05, 0.1) is 5.75 Å². The summed E-state index contributed by atoms with van der Waals surface area (Å²) < 4.78 is 13.1. The lowest BCUT2D eigenvalue weighted by Crippen LogP contribution is -2.14.